The molecule has 0 fully saturated rings. The summed E-state index contributed by atoms with van der Waals surface area (Å²) >= 11 is 0. The van der Waals surface area contributed by atoms with Gasteiger partial charge in [0.15, 0.2) is 5.82 Å². The highest BCUT2D eigenvalue weighted by atomic mass is 15.2. The molecule has 3 heterocycles. The van der Waals surface area contributed by atoms with Crippen LogP contribution in [0.15, 0.2) is 212 Å². The zero-order chi connectivity index (χ0) is 38.9. The number of nitrogens with zero attached hydrogens (tertiary/aromatic N) is 4. The largest absolute Gasteiger partial charge is 0.311 e. The fourth-order valence-electron chi connectivity index (χ4n) is 9.48. The minimum atomic E-state index is -0.0624. The standard InChI is InChI=1S/C54H35BN4/c1-5-19-38(20-6-1)45-35-46(39-21-7-2-8-22-39)57-54(56-45)40-33-49-53-50(34-40)59(42-25-11-4-12-26-42)48-32-30-37-18-14-16-28-44(37)52(48)55(53)51-43-27-15-13-17-36(43)29-31-47(51)58(49)41-23-9-3-10-24-41/h1-35H. The van der Waals surface area contributed by atoms with Crippen LogP contribution in [0.5, 0.6) is 0 Å². The van der Waals surface area contributed by atoms with Crippen molar-refractivity contribution in [2.45, 2.75) is 0 Å². The maximum absolute atomic E-state index is 5.38. The van der Waals surface area contributed by atoms with E-state index in [2.05, 4.69) is 210 Å². The quantitative estimate of drug-likeness (QED) is 0.164. The molecule has 0 radical (unpaired) electrons. The first kappa shape index (κ1) is 33.4. The Bertz CT molecular complexity index is 3020. The van der Waals surface area contributed by atoms with Gasteiger partial charge in [-0.2, -0.15) is 0 Å². The first-order chi connectivity index (χ1) is 29.3. The summed E-state index contributed by atoms with van der Waals surface area (Å²) in [7, 11) is 0. The molecule has 0 bridgehead atoms. The van der Waals surface area contributed by atoms with E-state index in [9.17, 15) is 0 Å². The first-order valence-corrected chi connectivity index (χ1v) is 20.2. The maximum Gasteiger partial charge on any atom is 0.253 e. The molecule has 0 atom stereocenters. The van der Waals surface area contributed by atoms with Crippen molar-refractivity contribution in [1.29, 1.82) is 0 Å². The van der Waals surface area contributed by atoms with Crippen LogP contribution in [0.2, 0.25) is 0 Å². The van der Waals surface area contributed by atoms with Gasteiger partial charge in [0, 0.05) is 50.8 Å². The molecule has 0 aliphatic carbocycles. The molecule has 59 heavy (non-hydrogen) atoms. The summed E-state index contributed by atoms with van der Waals surface area (Å²) in [6, 6.07) is 76.2. The minimum absolute atomic E-state index is 0.0624. The number of benzene rings is 9. The van der Waals surface area contributed by atoms with E-state index >= 15 is 0 Å². The van der Waals surface area contributed by atoms with E-state index in [4.69, 9.17) is 9.97 Å². The Balaban J connectivity index is 1.23. The molecular formula is C54H35BN4. The predicted molar refractivity (Wildman–Crippen MR) is 247 cm³/mol. The van der Waals surface area contributed by atoms with E-state index in [1.54, 1.807) is 0 Å². The molecule has 2 aliphatic heterocycles. The molecule has 274 valence electrons. The smallest absolute Gasteiger partial charge is 0.253 e. The molecule has 12 rings (SSSR count). The number of para-hydroxylation sites is 2. The number of hydrogen-bond donors (Lipinski definition) is 0. The molecule has 10 aromatic rings. The van der Waals surface area contributed by atoms with Crippen molar-refractivity contribution in [3.8, 4) is 33.9 Å². The average Bonchev–Trinajstić information content (AvgIpc) is 3.32. The van der Waals surface area contributed by atoms with Crippen LogP contribution in [0.3, 0.4) is 0 Å². The lowest BCUT2D eigenvalue weighted by atomic mass is 9.32. The minimum Gasteiger partial charge on any atom is -0.311 e. The monoisotopic (exact) mass is 750 g/mol. The van der Waals surface area contributed by atoms with Gasteiger partial charge in [0.2, 0.25) is 0 Å². The number of aromatic nitrogens is 2. The predicted octanol–water partition coefficient (Wildman–Crippen LogP) is 11.9. The highest BCUT2D eigenvalue weighted by molar-refractivity contribution is 7.02. The van der Waals surface area contributed by atoms with Crippen molar-refractivity contribution in [3.63, 3.8) is 0 Å². The van der Waals surface area contributed by atoms with Gasteiger partial charge in [-0.15, -0.1) is 0 Å². The third kappa shape index (κ3) is 5.32. The van der Waals surface area contributed by atoms with Gasteiger partial charge in [-0.25, -0.2) is 9.97 Å². The topological polar surface area (TPSA) is 32.3 Å². The Hall–Kier alpha value is -7.76. The fourth-order valence-corrected chi connectivity index (χ4v) is 9.48. The summed E-state index contributed by atoms with van der Waals surface area (Å²) < 4.78 is 0. The third-order valence-electron chi connectivity index (χ3n) is 12.0. The van der Waals surface area contributed by atoms with Crippen LogP contribution in [0, 0.1) is 0 Å². The Morgan fingerprint density at radius 3 is 1.19 bits per heavy atom. The number of anilines is 6. The molecule has 0 spiro atoms. The van der Waals surface area contributed by atoms with Crippen molar-refractivity contribution in [2.75, 3.05) is 9.80 Å². The summed E-state index contributed by atoms with van der Waals surface area (Å²) in [5.74, 6) is 0.676. The van der Waals surface area contributed by atoms with Crippen LogP contribution in [0.4, 0.5) is 34.1 Å². The molecule has 1 aromatic heterocycles. The molecular weight excluding hydrogens is 715 g/mol. The lowest BCUT2D eigenvalue weighted by Gasteiger charge is -2.45. The molecule has 5 heteroatoms. The lowest BCUT2D eigenvalue weighted by molar-refractivity contribution is 1.18. The van der Waals surface area contributed by atoms with Crippen LogP contribution in [0.25, 0.3) is 55.4 Å². The normalized spacial score (nSPS) is 12.6. The Morgan fingerprint density at radius 1 is 0.322 bits per heavy atom. The van der Waals surface area contributed by atoms with Crippen molar-refractivity contribution >= 4 is 78.8 Å². The molecule has 4 nitrogen and oxygen atoms in total. The van der Waals surface area contributed by atoms with Crippen LogP contribution < -0.4 is 26.2 Å². The molecule has 0 unspecified atom stereocenters. The number of hydrogen-bond acceptors (Lipinski definition) is 4. The summed E-state index contributed by atoms with van der Waals surface area (Å²) in [6.07, 6.45) is 0. The van der Waals surface area contributed by atoms with Crippen LogP contribution in [-0.2, 0) is 0 Å². The van der Waals surface area contributed by atoms with Crippen molar-refractivity contribution in [1.82, 2.24) is 9.97 Å². The SMILES string of the molecule is c1ccc(-c2cc(-c3ccccc3)nc(-c3cc4c5c(c3)N(c3ccccc3)c3ccc6ccccc6c3B5c3c(ccc5ccccc35)N4c3ccccc3)n2)cc1. The fraction of sp³-hybridized carbons (Fsp3) is 0. The van der Waals surface area contributed by atoms with Gasteiger partial charge < -0.3 is 9.80 Å². The van der Waals surface area contributed by atoms with Gasteiger partial charge in [0.25, 0.3) is 6.71 Å². The Labute approximate surface area is 343 Å². The Morgan fingerprint density at radius 2 is 0.729 bits per heavy atom. The molecule has 0 amide bonds. The lowest BCUT2D eigenvalue weighted by Crippen LogP contribution is -2.61. The van der Waals surface area contributed by atoms with Gasteiger partial charge in [-0.05, 0) is 92.5 Å². The van der Waals surface area contributed by atoms with Crippen molar-refractivity contribution < 1.29 is 0 Å². The summed E-state index contributed by atoms with van der Waals surface area (Å²) in [5.41, 5.74) is 15.5. The number of fused-ring (bicyclic) bond motifs is 8. The van der Waals surface area contributed by atoms with Gasteiger partial charge in [-0.3, -0.25) is 0 Å². The van der Waals surface area contributed by atoms with Crippen molar-refractivity contribution in [2.24, 2.45) is 0 Å². The van der Waals surface area contributed by atoms with Crippen LogP contribution >= 0.6 is 0 Å². The number of rotatable bonds is 5. The molecule has 0 N–H and O–H groups in total. The summed E-state index contributed by atoms with van der Waals surface area (Å²) in [6.45, 7) is -0.0624. The summed E-state index contributed by atoms with van der Waals surface area (Å²) in [5, 5.41) is 4.98. The van der Waals surface area contributed by atoms with Gasteiger partial charge in [0.05, 0.1) is 11.4 Å². The zero-order valence-electron chi connectivity index (χ0n) is 32.1. The highest BCUT2D eigenvalue weighted by Crippen LogP contribution is 2.47. The summed E-state index contributed by atoms with van der Waals surface area (Å²) in [4.78, 5) is 15.7. The van der Waals surface area contributed by atoms with Gasteiger partial charge >= 0.3 is 0 Å². The third-order valence-corrected chi connectivity index (χ3v) is 12.0. The van der Waals surface area contributed by atoms with Crippen LogP contribution in [0.1, 0.15) is 0 Å². The van der Waals surface area contributed by atoms with Crippen molar-refractivity contribution in [3.05, 3.63) is 212 Å². The van der Waals surface area contributed by atoms with E-state index in [-0.39, 0.29) is 6.71 Å². The molecule has 9 aromatic carbocycles. The van der Waals surface area contributed by atoms with E-state index in [0.29, 0.717) is 5.82 Å². The second-order valence-corrected chi connectivity index (χ2v) is 15.3. The molecule has 2 aliphatic rings. The maximum atomic E-state index is 5.38. The van der Waals surface area contributed by atoms with Gasteiger partial charge in [-0.1, -0.05) is 158 Å². The highest BCUT2D eigenvalue weighted by Gasteiger charge is 2.45. The Kier molecular flexibility index (Phi) is 7.60. The molecule has 0 saturated heterocycles. The van der Waals surface area contributed by atoms with E-state index in [1.807, 2.05) is 12.1 Å². The second-order valence-electron chi connectivity index (χ2n) is 15.3. The van der Waals surface area contributed by atoms with Crippen LogP contribution in [-0.4, -0.2) is 16.7 Å². The molecule has 0 saturated carbocycles. The van der Waals surface area contributed by atoms with Gasteiger partial charge in [0.1, 0.15) is 0 Å². The van der Waals surface area contributed by atoms with E-state index < -0.39 is 0 Å². The zero-order valence-corrected chi connectivity index (χ0v) is 32.1. The van der Waals surface area contributed by atoms with E-state index in [1.165, 1.54) is 49.3 Å². The average molecular weight is 751 g/mol. The second kappa shape index (κ2) is 13.4. The first-order valence-electron chi connectivity index (χ1n) is 20.2. The van der Waals surface area contributed by atoms with E-state index in [0.717, 1.165) is 50.8 Å².